The third-order valence-corrected chi connectivity index (χ3v) is 5.56. The number of nitrogens with zero attached hydrogens (tertiary/aromatic N) is 2. The van der Waals surface area contributed by atoms with E-state index in [4.69, 9.17) is 38.4 Å². The first-order valence-electron chi connectivity index (χ1n) is 9.28. The van der Waals surface area contributed by atoms with E-state index in [0.29, 0.717) is 35.0 Å². The summed E-state index contributed by atoms with van der Waals surface area (Å²) in [6.07, 6.45) is 0.394. The van der Waals surface area contributed by atoms with Gasteiger partial charge in [0.15, 0.2) is 0 Å². The third kappa shape index (κ3) is 4.26. The van der Waals surface area contributed by atoms with Crippen LogP contribution in [0.3, 0.4) is 0 Å². The summed E-state index contributed by atoms with van der Waals surface area (Å²) in [5, 5.41) is 6.70. The topological polar surface area (TPSA) is 77.1 Å². The quantitative estimate of drug-likeness (QED) is 0.708. The molecule has 8 heteroatoms. The van der Waals surface area contributed by atoms with Crippen LogP contribution in [0.1, 0.15) is 30.9 Å². The summed E-state index contributed by atoms with van der Waals surface area (Å²) >= 11 is 12.2. The molecule has 2 aromatic rings. The number of methoxy groups -OCH3 is 1. The van der Waals surface area contributed by atoms with Crippen molar-refractivity contribution in [1.82, 2.24) is 5.01 Å². The number of hydrogen-bond donors (Lipinski definition) is 1. The van der Waals surface area contributed by atoms with Gasteiger partial charge in [-0.3, -0.25) is 4.79 Å². The highest BCUT2D eigenvalue weighted by atomic mass is 35.5. The summed E-state index contributed by atoms with van der Waals surface area (Å²) in [4.78, 5) is 13.2. The number of halogens is 2. The maximum atomic E-state index is 13.2. The van der Waals surface area contributed by atoms with Crippen molar-refractivity contribution in [2.24, 2.45) is 10.8 Å². The average molecular weight is 436 g/mol. The molecule has 1 aliphatic heterocycles. The molecule has 0 aliphatic carbocycles. The molecule has 0 fully saturated rings. The van der Waals surface area contributed by atoms with Crippen LogP contribution in [0, 0.1) is 0 Å². The zero-order valence-electron chi connectivity index (χ0n) is 16.3. The Balaban J connectivity index is 2.12. The van der Waals surface area contributed by atoms with Crippen LogP contribution in [0.4, 0.5) is 0 Å². The Kier molecular flexibility index (Phi) is 6.80. The van der Waals surface area contributed by atoms with Crippen LogP contribution in [-0.2, 0) is 20.0 Å². The van der Waals surface area contributed by atoms with Gasteiger partial charge in [-0.05, 0) is 38.1 Å². The van der Waals surface area contributed by atoms with Crippen molar-refractivity contribution in [3.8, 4) is 0 Å². The molecule has 0 aromatic heterocycles. The molecular formula is C21H23Cl2N3O3. The Labute approximate surface area is 180 Å². The van der Waals surface area contributed by atoms with Crippen molar-refractivity contribution in [3.05, 3.63) is 69.7 Å². The zero-order valence-corrected chi connectivity index (χ0v) is 17.8. The van der Waals surface area contributed by atoms with E-state index in [0.717, 1.165) is 5.56 Å². The number of ether oxygens (including phenoxy) is 2. The second-order valence-corrected chi connectivity index (χ2v) is 7.52. The molecule has 2 atom stereocenters. The van der Waals surface area contributed by atoms with Crippen LogP contribution in [0.15, 0.2) is 53.6 Å². The van der Waals surface area contributed by atoms with E-state index < -0.39 is 11.8 Å². The normalized spacial score (nSPS) is 19.6. The molecule has 1 amide bonds. The maximum Gasteiger partial charge on any atom is 0.275 e. The molecular weight excluding hydrogens is 413 g/mol. The Bertz CT molecular complexity index is 907. The second-order valence-electron chi connectivity index (χ2n) is 6.71. The first-order valence-corrected chi connectivity index (χ1v) is 10.0. The Morgan fingerprint density at radius 3 is 2.59 bits per heavy atom. The van der Waals surface area contributed by atoms with Crippen molar-refractivity contribution in [1.29, 1.82) is 0 Å². The number of carbonyl (C=O) groups is 1. The lowest BCUT2D eigenvalue weighted by atomic mass is 9.96. The zero-order chi connectivity index (χ0) is 21.0. The number of rotatable bonds is 7. The summed E-state index contributed by atoms with van der Waals surface area (Å²) in [5.74, 6) is -0.0375. The molecule has 3 rings (SSSR count). The fraction of sp³-hybridized carbons (Fsp3) is 0.333. The predicted molar refractivity (Wildman–Crippen MR) is 114 cm³/mol. The van der Waals surface area contributed by atoms with Gasteiger partial charge in [0.1, 0.15) is 6.10 Å². The number of nitrogens with two attached hydrogens (primary N) is 1. The summed E-state index contributed by atoms with van der Waals surface area (Å²) in [7, 11) is 1.48. The number of carbonyl (C=O) groups excluding carboxylic acids is 1. The van der Waals surface area contributed by atoms with Crippen LogP contribution in [0.5, 0.6) is 0 Å². The molecule has 29 heavy (non-hydrogen) atoms. The molecule has 1 heterocycles. The number of hydrazone groups is 1. The molecule has 0 spiro atoms. The Hall–Kier alpha value is -2.12. The van der Waals surface area contributed by atoms with Gasteiger partial charge >= 0.3 is 0 Å². The molecule has 2 aromatic carbocycles. The number of amides is 1. The van der Waals surface area contributed by atoms with Gasteiger partial charge < -0.3 is 15.2 Å². The largest absolute Gasteiger partial charge is 0.443 e. The molecule has 0 bridgehead atoms. The second kappa shape index (κ2) is 9.13. The third-order valence-electron chi connectivity index (χ3n) is 4.82. The van der Waals surface area contributed by atoms with Crippen molar-refractivity contribution in [2.75, 3.05) is 13.7 Å². The predicted octanol–water partition coefficient (Wildman–Crippen LogP) is 4.14. The molecule has 1 unspecified atom stereocenters. The average Bonchev–Trinajstić information content (AvgIpc) is 3.14. The lowest BCUT2D eigenvalue weighted by Crippen LogP contribution is -2.48. The van der Waals surface area contributed by atoms with Gasteiger partial charge in [0, 0.05) is 24.7 Å². The van der Waals surface area contributed by atoms with E-state index in [1.165, 1.54) is 12.1 Å². The van der Waals surface area contributed by atoms with E-state index in [1.807, 2.05) is 30.3 Å². The maximum absolute atomic E-state index is 13.2. The molecule has 0 saturated heterocycles. The van der Waals surface area contributed by atoms with Crippen LogP contribution in [-0.4, -0.2) is 36.6 Å². The fourth-order valence-electron chi connectivity index (χ4n) is 3.16. The summed E-state index contributed by atoms with van der Waals surface area (Å²) in [5.41, 5.74) is 6.06. The first-order chi connectivity index (χ1) is 13.9. The minimum Gasteiger partial charge on any atom is -0.443 e. The molecule has 154 valence electrons. The highest BCUT2D eigenvalue weighted by Gasteiger charge is 2.50. The highest BCUT2D eigenvalue weighted by molar-refractivity contribution is 6.42. The van der Waals surface area contributed by atoms with Crippen molar-refractivity contribution >= 4 is 35.0 Å². The standard InChI is InChI=1S/C21H23Cl2N3O3/c1-14(28-2)20(27)26-21(11-6-12-24,16-7-4-3-5-8-16)29-19(25-26)15-9-10-17(22)18(23)13-15/h3-5,7-10,13-14H,6,11-12,24H2,1-2H3/t14-,21?/m0/s1. The van der Waals surface area contributed by atoms with Crippen LogP contribution < -0.4 is 5.73 Å². The monoisotopic (exact) mass is 435 g/mol. The van der Waals surface area contributed by atoms with Gasteiger partial charge in [0.25, 0.3) is 5.91 Å². The minimum atomic E-state index is -1.13. The van der Waals surface area contributed by atoms with Crippen LogP contribution in [0.25, 0.3) is 0 Å². The van der Waals surface area contributed by atoms with Crippen LogP contribution in [0.2, 0.25) is 10.0 Å². The Morgan fingerprint density at radius 1 is 1.24 bits per heavy atom. The van der Waals surface area contributed by atoms with Gasteiger partial charge in [-0.2, -0.15) is 5.01 Å². The van der Waals surface area contributed by atoms with Gasteiger partial charge in [-0.15, -0.1) is 5.10 Å². The summed E-state index contributed by atoms with van der Waals surface area (Å²) in [6.45, 7) is 2.12. The van der Waals surface area contributed by atoms with Crippen LogP contribution >= 0.6 is 23.2 Å². The van der Waals surface area contributed by atoms with Gasteiger partial charge in [-0.1, -0.05) is 53.5 Å². The first kappa shape index (κ1) is 21.6. The molecule has 1 aliphatic rings. The lowest BCUT2D eigenvalue weighted by molar-refractivity contribution is -0.162. The molecule has 0 radical (unpaired) electrons. The van der Waals surface area contributed by atoms with Crippen molar-refractivity contribution in [2.45, 2.75) is 31.6 Å². The van der Waals surface area contributed by atoms with Crippen molar-refractivity contribution < 1.29 is 14.3 Å². The van der Waals surface area contributed by atoms with E-state index >= 15 is 0 Å². The smallest absolute Gasteiger partial charge is 0.275 e. The number of hydrogen-bond acceptors (Lipinski definition) is 5. The van der Waals surface area contributed by atoms with Crippen molar-refractivity contribution in [3.63, 3.8) is 0 Å². The molecule has 6 nitrogen and oxygen atoms in total. The van der Waals surface area contributed by atoms with Gasteiger partial charge in [0.2, 0.25) is 11.6 Å². The van der Waals surface area contributed by atoms with Gasteiger partial charge in [0.05, 0.1) is 10.0 Å². The van der Waals surface area contributed by atoms with E-state index in [1.54, 1.807) is 25.1 Å². The minimum absolute atomic E-state index is 0.279. The van der Waals surface area contributed by atoms with E-state index in [9.17, 15) is 4.79 Å². The van der Waals surface area contributed by atoms with E-state index in [-0.39, 0.29) is 11.8 Å². The fourth-order valence-corrected chi connectivity index (χ4v) is 3.46. The lowest BCUT2D eigenvalue weighted by Gasteiger charge is -2.36. The molecule has 2 N–H and O–H groups in total. The summed E-state index contributed by atoms with van der Waals surface area (Å²) < 4.78 is 11.6. The number of benzene rings is 2. The molecule has 0 saturated carbocycles. The van der Waals surface area contributed by atoms with Gasteiger partial charge in [-0.25, -0.2) is 0 Å². The van der Waals surface area contributed by atoms with E-state index in [2.05, 4.69) is 5.10 Å². The summed E-state index contributed by atoms with van der Waals surface area (Å²) in [6, 6.07) is 14.6. The highest BCUT2D eigenvalue weighted by Crippen LogP contribution is 2.41. The Morgan fingerprint density at radius 2 is 1.97 bits per heavy atom. The SMILES string of the molecule is CO[C@@H](C)C(=O)N1N=C(c2ccc(Cl)c(Cl)c2)OC1(CCCN)c1ccccc1.